The summed E-state index contributed by atoms with van der Waals surface area (Å²) in [5.41, 5.74) is 6.03. The first-order valence-electron chi connectivity index (χ1n) is 10.3. The van der Waals surface area contributed by atoms with E-state index in [-0.39, 0.29) is 34.6 Å². The minimum atomic E-state index is -1.62. The average Bonchev–Trinajstić information content (AvgIpc) is 3.47. The topological polar surface area (TPSA) is 84.4 Å². The van der Waals surface area contributed by atoms with Crippen LogP contribution in [0.4, 0.5) is 14.6 Å². The van der Waals surface area contributed by atoms with Crippen LogP contribution in [-0.4, -0.2) is 39.9 Å². The van der Waals surface area contributed by atoms with Crippen molar-refractivity contribution in [2.75, 3.05) is 18.9 Å². The number of nitrogens with zero attached hydrogens (tertiary/aromatic N) is 3. The minimum absolute atomic E-state index is 0.118. The molecule has 2 aromatic heterocycles. The Labute approximate surface area is 198 Å². The number of fused-ring (bicyclic) bond motifs is 1. The quantitative estimate of drug-likeness (QED) is 0.492. The molecule has 174 valence electrons. The Morgan fingerprint density at radius 1 is 1.27 bits per heavy atom. The first kappa shape index (κ1) is 22.3. The molecule has 7 nitrogen and oxygen atoms in total. The predicted octanol–water partition coefficient (Wildman–Crippen LogP) is 5.14. The maximum atomic E-state index is 15.4. The van der Waals surface area contributed by atoms with Crippen LogP contribution in [-0.2, 0) is 9.47 Å². The van der Waals surface area contributed by atoms with E-state index in [9.17, 15) is 4.39 Å². The molecule has 0 bridgehead atoms. The fourth-order valence-corrected chi connectivity index (χ4v) is 4.91. The molecule has 33 heavy (non-hydrogen) atoms. The van der Waals surface area contributed by atoms with Gasteiger partial charge in [-0.15, -0.1) is 0 Å². The Bertz CT molecular complexity index is 1210. The molecular formula is C22H20Cl2F2N4O3. The Morgan fingerprint density at radius 3 is 2.91 bits per heavy atom. The van der Waals surface area contributed by atoms with Crippen LogP contribution >= 0.6 is 23.2 Å². The zero-order valence-electron chi connectivity index (χ0n) is 17.5. The van der Waals surface area contributed by atoms with E-state index in [1.165, 1.54) is 12.1 Å². The van der Waals surface area contributed by atoms with E-state index >= 15 is 4.39 Å². The van der Waals surface area contributed by atoms with Crippen molar-refractivity contribution < 1.29 is 23.0 Å². The molecule has 2 aliphatic heterocycles. The zero-order chi connectivity index (χ0) is 23.3. The molecule has 11 heteroatoms. The van der Waals surface area contributed by atoms with Gasteiger partial charge in [0.15, 0.2) is 23.5 Å². The monoisotopic (exact) mass is 496 g/mol. The third kappa shape index (κ3) is 3.82. The average molecular weight is 497 g/mol. The van der Waals surface area contributed by atoms with E-state index in [4.69, 9.17) is 43.1 Å². The van der Waals surface area contributed by atoms with Crippen molar-refractivity contribution in [1.29, 1.82) is 0 Å². The number of alkyl halides is 1. The van der Waals surface area contributed by atoms with Gasteiger partial charge >= 0.3 is 0 Å². The summed E-state index contributed by atoms with van der Waals surface area (Å²) in [6.45, 7) is 2.16. The van der Waals surface area contributed by atoms with Crippen LogP contribution in [0.2, 0.25) is 10.0 Å². The smallest absolute Gasteiger partial charge is 0.194 e. The number of pyridine rings is 1. The number of aromatic nitrogens is 3. The lowest BCUT2D eigenvalue weighted by Gasteiger charge is -2.23. The van der Waals surface area contributed by atoms with Gasteiger partial charge in [-0.25, -0.2) is 13.8 Å². The number of nitrogens with two attached hydrogens (primary N) is 1. The number of ether oxygens (including phenoxy) is 3. The number of benzene rings is 1. The van der Waals surface area contributed by atoms with E-state index in [2.05, 4.69) is 10.1 Å². The van der Waals surface area contributed by atoms with Crippen molar-refractivity contribution in [2.45, 2.75) is 37.4 Å². The maximum absolute atomic E-state index is 15.4. The lowest BCUT2D eigenvalue weighted by molar-refractivity contribution is -0.117. The van der Waals surface area contributed by atoms with Gasteiger partial charge in [-0.05, 0) is 25.1 Å². The van der Waals surface area contributed by atoms with Gasteiger partial charge in [-0.1, -0.05) is 23.2 Å². The van der Waals surface area contributed by atoms with Crippen molar-refractivity contribution in [3.05, 3.63) is 58.2 Å². The lowest BCUT2D eigenvalue weighted by Crippen LogP contribution is -2.36. The number of hydrogen-bond donors (Lipinski definition) is 1. The second-order valence-corrected chi connectivity index (χ2v) is 8.85. The summed E-state index contributed by atoms with van der Waals surface area (Å²) in [6, 6.07) is 3.69. The number of hydrogen-bond acceptors (Lipinski definition) is 6. The molecule has 0 saturated carbocycles. The first-order valence-corrected chi connectivity index (χ1v) is 11.1. The molecule has 1 aromatic carbocycles. The number of nitrogen functional groups attached to an aromatic ring is 1. The van der Waals surface area contributed by atoms with Gasteiger partial charge in [0.05, 0.1) is 24.4 Å². The summed E-state index contributed by atoms with van der Waals surface area (Å²) in [4.78, 5) is 4.20. The molecule has 0 amide bonds. The predicted molar refractivity (Wildman–Crippen MR) is 119 cm³/mol. The number of anilines is 1. The van der Waals surface area contributed by atoms with Crippen LogP contribution in [0.1, 0.15) is 31.1 Å². The van der Waals surface area contributed by atoms with Gasteiger partial charge in [0.25, 0.3) is 0 Å². The summed E-state index contributed by atoms with van der Waals surface area (Å²) in [5.74, 6) is -0.200. The second-order valence-electron chi connectivity index (χ2n) is 8.06. The highest BCUT2D eigenvalue weighted by Gasteiger charge is 2.58. The number of rotatable bonds is 5. The van der Waals surface area contributed by atoms with Gasteiger partial charge < -0.3 is 19.9 Å². The summed E-state index contributed by atoms with van der Waals surface area (Å²) < 4.78 is 47.6. The lowest BCUT2D eigenvalue weighted by atomic mass is 9.97. The van der Waals surface area contributed by atoms with Crippen molar-refractivity contribution in [2.24, 2.45) is 0 Å². The van der Waals surface area contributed by atoms with Crippen LogP contribution in [0.15, 0.2) is 36.8 Å². The van der Waals surface area contributed by atoms with Gasteiger partial charge in [-0.2, -0.15) is 5.10 Å². The molecule has 5 rings (SSSR count). The highest BCUT2D eigenvalue weighted by atomic mass is 35.5. The standard InChI is InChI=1S/C22H20Cl2F2N4O3/c1-11(18-14(23)2-3-15(25)19(18)24)33-16-6-12(7-28-20(16)27)13-8-29-30(9-13)17-10-32-21-22(17,26)4-5-31-21/h2-3,6-9,11,17,21H,4-5,10H2,1H3,(H2,27,28)/t11-,17?,21?,22?/m1/s1. The molecule has 3 aromatic rings. The third-order valence-electron chi connectivity index (χ3n) is 6.03. The van der Waals surface area contributed by atoms with Crippen LogP contribution < -0.4 is 10.5 Å². The van der Waals surface area contributed by atoms with Crippen molar-refractivity contribution in [3.63, 3.8) is 0 Å². The van der Waals surface area contributed by atoms with Crippen LogP contribution in [0.25, 0.3) is 11.1 Å². The van der Waals surface area contributed by atoms with Gasteiger partial charge in [0.1, 0.15) is 18.0 Å². The highest BCUT2D eigenvalue weighted by molar-refractivity contribution is 6.36. The molecule has 2 N–H and O–H groups in total. The Morgan fingerprint density at radius 2 is 2.09 bits per heavy atom. The zero-order valence-corrected chi connectivity index (χ0v) is 19.0. The molecule has 0 spiro atoms. The van der Waals surface area contributed by atoms with Gasteiger partial charge in [0.2, 0.25) is 0 Å². The van der Waals surface area contributed by atoms with E-state index < -0.39 is 29.9 Å². The largest absolute Gasteiger partial charge is 0.482 e. The Kier molecular flexibility index (Phi) is 5.68. The summed E-state index contributed by atoms with van der Waals surface area (Å²) in [5, 5.41) is 4.49. The molecule has 2 saturated heterocycles. The second kappa shape index (κ2) is 8.39. The van der Waals surface area contributed by atoms with Gasteiger partial charge in [-0.3, -0.25) is 4.68 Å². The molecule has 2 fully saturated rings. The third-order valence-corrected chi connectivity index (χ3v) is 6.75. The highest BCUT2D eigenvalue weighted by Crippen LogP contribution is 2.46. The van der Waals surface area contributed by atoms with Crippen molar-refractivity contribution in [1.82, 2.24) is 14.8 Å². The number of halogens is 4. The molecule has 2 aliphatic rings. The van der Waals surface area contributed by atoms with Crippen LogP contribution in [0.3, 0.4) is 0 Å². The van der Waals surface area contributed by atoms with Crippen LogP contribution in [0.5, 0.6) is 5.75 Å². The Hall–Kier alpha value is -2.46. The fourth-order valence-electron chi connectivity index (χ4n) is 4.23. The molecule has 4 heterocycles. The van der Waals surface area contributed by atoms with E-state index in [0.717, 1.165) is 0 Å². The maximum Gasteiger partial charge on any atom is 0.194 e. The normalized spacial score (nSPS) is 25.2. The van der Waals surface area contributed by atoms with Crippen molar-refractivity contribution >= 4 is 29.0 Å². The SMILES string of the molecule is C[C@@H](Oc1cc(-c2cnn(C3COC4OCCC43F)c2)cnc1N)c1c(Cl)ccc(F)c1Cl. The van der Waals surface area contributed by atoms with Crippen LogP contribution in [0, 0.1) is 5.82 Å². The fraction of sp³-hybridized carbons (Fsp3) is 0.364. The Balaban J connectivity index is 1.41. The molecule has 0 aliphatic carbocycles. The van der Waals surface area contributed by atoms with E-state index in [1.54, 1.807) is 36.3 Å². The minimum Gasteiger partial charge on any atom is -0.482 e. The molecule has 4 atom stereocenters. The van der Waals surface area contributed by atoms with E-state index in [0.29, 0.717) is 23.3 Å². The molecule has 0 radical (unpaired) electrons. The summed E-state index contributed by atoms with van der Waals surface area (Å²) >= 11 is 12.3. The summed E-state index contributed by atoms with van der Waals surface area (Å²) in [7, 11) is 0. The summed E-state index contributed by atoms with van der Waals surface area (Å²) in [6.07, 6.45) is 3.57. The molecular weight excluding hydrogens is 477 g/mol. The van der Waals surface area contributed by atoms with Gasteiger partial charge in [0, 0.05) is 40.5 Å². The van der Waals surface area contributed by atoms with Crippen molar-refractivity contribution in [3.8, 4) is 16.9 Å². The van der Waals surface area contributed by atoms with E-state index in [1.807, 2.05) is 0 Å². The first-order chi connectivity index (χ1) is 15.8. The molecule has 3 unspecified atom stereocenters.